The van der Waals surface area contributed by atoms with Gasteiger partial charge in [-0.15, -0.1) is 0 Å². The summed E-state index contributed by atoms with van der Waals surface area (Å²) in [6.07, 6.45) is -1.46. The molecule has 1 atom stereocenters. The number of fused-ring (bicyclic) bond motifs is 1. The van der Waals surface area contributed by atoms with Crippen molar-refractivity contribution >= 4 is 16.7 Å². The van der Waals surface area contributed by atoms with E-state index in [0.29, 0.717) is 5.39 Å². The molecule has 18 heavy (non-hydrogen) atoms. The van der Waals surface area contributed by atoms with Crippen LogP contribution in [0, 0.1) is 0 Å². The van der Waals surface area contributed by atoms with Crippen molar-refractivity contribution < 1.29 is 19.7 Å². The summed E-state index contributed by atoms with van der Waals surface area (Å²) in [4.78, 5) is 11.4. The molecule has 0 spiro atoms. The molecular formula is C14H14O4. The Labute approximate surface area is 104 Å². The van der Waals surface area contributed by atoms with Crippen LogP contribution in [0.25, 0.3) is 10.8 Å². The van der Waals surface area contributed by atoms with E-state index in [1.54, 1.807) is 25.1 Å². The van der Waals surface area contributed by atoms with E-state index in [-0.39, 0.29) is 17.9 Å². The molecule has 0 bridgehead atoms. The lowest BCUT2D eigenvalue weighted by Crippen LogP contribution is -2.15. The molecule has 1 unspecified atom stereocenters. The van der Waals surface area contributed by atoms with Crippen molar-refractivity contribution in [2.75, 3.05) is 6.61 Å². The number of hydrogen-bond donors (Lipinski definition) is 2. The van der Waals surface area contributed by atoms with Crippen LogP contribution in [-0.2, 0) is 9.53 Å². The molecule has 0 aliphatic heterocycles. The molecule has 2 rings (SSSR count). The lowest BCUT2D eigenvalue weighted by atomic mass is 10.0. The number of phenols is 1. The minimum absolute atomic E-state index is 0.0892. The Morgan fingerprint density at radius 1 is 1.28 bits per heavy atom. The van der Waals surface area contributed by atoms with Crippen LogP contribution in [0.5, 0.6) is 5.75 Å². The minimum atomic E-state index is -1.46. The Balaban J connectivity index is 2.46. The van der Waals surface area contributed by atoms with E-state index >= 15 is 0 Å². The average Bonchev–Trinajstić information content (AvgIpc) is 2.39. The lowest BCUT2D eigenvalue weighted by Gasteiger charge is -2.13. The summed E-state index contributed by atoms with van der Waals surface area (Å²) in [5.74, 6) is -0.850. The predicted molar refractivity (Wildman–Crippen MR) is 67.2 cm³/mol. The van der Waals surface area contributed by atoms with Crippen LogP contribution in [0.2, 0.25) is 0 Å². The molecule has 4 nitrogen and oxygen atoms in total. The molecule has 0 saturated heterocycles. The molecule has 0 aliphatic rings. The standard InChI is InChI=1S/C14H14O4/c1-2-18-14(17)13(16)11-8-7-9-5-3-4-6-10(9)12(11)15/h3-8,13,15-16H,2H2,1H3. The summed E-state index contributed by atoms with van der Waals surface area (Å²) in [5.41, 5.74) is 0.159. The van der Waals surface area contributed by atoms with E-state index in [1.165, 1.54) is 6.07 Å². The third kappa shape index (κ3) is 2.15. The Kier molecular flexibility index (Phi) is 3.48. The minimum Gasteiger partial charge on any atom is -0.507 e. The molecule has 0 heterocycles. The predicted octanol–water partition coefficient (Wildman–Crippen LogP) is 2.14. The molecule has 4 heteroatoms. The summed E-state index contributed by atoms with van der Waals surface area (Å²) < 4.78 is 4.73. The highest BCUT2D eigenvalue weighted by molar-refractivity contribution is 5.91. The number of carbonyl (C=O) groups excluding carboxylic acids is 1. The van der Waals surface area contributed by atoms with Gasteiger partial charge in [0.05, 0.1) is 6.61 Å². The monoisotopic (exact) mass is 246 g/mol. The van der Waals surface area contributed by atoms with E-state index in [9.17, 15) is 15.0 Å². The number of rotatable bonds is 3. The second-order valence-electron chi connectivity index (χ2n) is 3.88. The Hall–Kier alpha value is -2.07. The van der Waals surface area contributed by atoms with Crippen LogP contribution in [0.4, 0.5) is 0 Å². The van der Waals surface area contributed by atoms with Crippen molar-refractivity contribution in [3.8, 4) is 5.75 Å². The molecule has 94 valence electrons. The van der Waals surface area contributed by atoms with Crippen LogP contribution < -0.4 is 0 Å². The van der Waals surface area contributed by atoms with Crippen molar-refractivity contribution in [2.24, 2.45) is 0 Å². The van der Waals surface area contributed by atoms with Gasteiger partial charge in [-0.1, -0.05) is 36.4 Å². The van der Waals surface area contributed by atoms with Gasteiger partial charge in [-0.05, 0) is 12.3 Å². The molecular weight excluding hydrogens is 232 g/mol. The Morgan fingerprint density at radius 2 is 2.00 bits per heavy atom. The molecule has 0 aliphatic carbocycles. The van der Waals surface area contributed by atoms with Crippen LogP contribution in [0.3, 0.4) is 0 Å². The number of aliphatic hydroxyl groups excluding tert-OH is 1. The normalized spacial score (nSPS) is 12.3. The molecule has 0 radical (unpaired) electrons. The Morgan fingerprint density at radius 3 is 2.72 bits per heavy atom. The number of benzene rings is 2. The quantitative estimate of drug-likeness (QED) is 0.814. The molecule has 0 aromatic heterocycles. The molecule has 2 aromatic carbocycles. The zero-order valence-electron chi connectivity index (χ0n) is 9.96. The van der Waals surface area contributed by atoms with Crippen molar-refractivity contribution in [3.05, 3.63) is 42.0 Å². The first-order valence-electron chi connectivity index (χ1n) is 5.70. The van der Waals surface area contributed by atoms with Gasteiger partial charge in [0.2, 0.25) is 0 Å². The largest absolute Gasteiger partial charge is 0.507 e. The number of esters is 1. The van der Waals surface area contributed by atoms with Gasteiger partial charge in [0, 0.05) is 10.9 Å². The van der Waals surface area contributed by atoms with Gasteiger partial charge >= 0.3 is 5.97 Å². The maximum absolute atomic E-state index is 11.4. The van der Waals surface area contributed by atoms with Gasteiger partial charge < -0.3 is 14.9 Å². The smallest absolute Gasteiger partial charge is 0.339 e. The first-order valence-corrected chi connectivity index (χ1v) is 5.70. The van der Waals surface area contributed by atoms with Crippen molar-refractivity contribution in [1.29, 1.82) is 0 Å². The first kappa shape index (κ1) is 12.4. The second-order valence-corrected chi connectivity index (χ2v) is 3.88. The van der Waals surface area contributed by atoms with E-state index in [1.807, 2.05) is 12.1 Å². The van der Waals surface area contributed by atoms with Crippen LogP contribution >= 0.6 is 0 Å². The molecule has 0 amide bonds. The van der Waals surface area contributed by atoms with E-state index in [4.69, 9.17) is 4.74 Å². The number of ether oxygens (including phenoxy) is 1. The maximum atomic E-state index is 11.4. The maximum Gasteiger partial charge on any atom is 0.339 e. The zero-order valence-corrected chi connectivity index (χ0v) is 9.96. The Bertz CT molecular complexity index is 577. The number of aromatic hydroxyl groups is 1. The van der Waals surface area contributed by atoms with E-state index in [0.717, 1.165) is 5.39 Å². The van der Waals surface area contributed by atoms with Crippen LogP contribution in [0.1, 0.15) is 18.6 Å². The SMILES string of the molecule is CCOC(=O)C(O)c1ccc2ccccc2c1O. The fourth-order valence-corrected chi connectivity index (χ4v) is 1.84. The number of phenolic OH excluding ortho intramolecular Hbond substituents is 1. The van der Waals surface area contributed by atoms with E-state index in [2.05, 4.69) is 0 Å². The molecule has 0 saturated carbocycles. The van der Waals surface area contributed by atoms with Gasteiger partial charge in [0.25, 0.3) is 0 Å². The number of aliphatic hydroxyl groups is 1. The summed E-state index contributed by atoms with van der Waals surface area (Å²) in [5, 5.41) is 21.3. The van der Waals surface area contributed by atoms with Crippen molar-refractivity contribution in [1.82, 2.24) is 0 Å². The van der Waals surface area contributed by atoms with Crippen LogP contribution in [0.15, 0.2) is 36.4 Å². The van der Waals surface area contributed by atoms with Gasteiger partial charge in [-0.25, -0.2) is 4.79 Å². The molecule has 0 fully saturated rings. The van der Waals surface area contributed by atoms with Crippen LogP contribution in [-0.4, -0.2) is 22.8 Å². The molecule has 2 N–H and O–H groups in total. The van der Waals surface area contributed by atoms with Crippen molar-refractivity contribution in [2.45, 2.75) is 13.0 Å². The van der Waals surface area contributed by atoms with Gasteiger partial charge in [0.1, 0.15) is 5.75 Å². The summed E-state index contributed by atoms with van der Waals surface area (Å²) in [7, 11) is 0. The fraction of sp³-hybridized carbons (Fsp3) is 0.214. The molecule has 2 aromatic rings. The highest BCUT2D eigenvalue weighted by Crippen LogP contribution is 2.32. The van der Waals surface area contributed by atoms with Gasteiger partial charge in [0.15, 0.2) is 6.10 Å². The second kappa shape index (κ2) is 5.06. The summed E-state index contributed by atoms with van der Waals surface area (Å²) in [6, 6.07) is 10.5. The average molecular weight is 246 g/mol. The highest BCUT2D eigenvalue weighted by atomic mass is 16.5. The first-order chi connectivity index (χ1) is 8.65. The number of carbonyl (C=O) groups is 1. The van der Waals surface area contributed by atoms with Gasteiger partial charge in [-0.3, -0.25) is 0 Å². The lowest BCUT2D eigenvalue weighted by molar-refractivity contribution is -0.153. The van der Waals surface area contributed by atoms with Crippen molar-refractivity contribution in [3.63, 3.8) is 0 Å². The zero-order chi connectivity index (χ0) is 13.1. The number of hydrogen-bond acceptors (Lipinski definition) is 4. The summed E-state index contributed by atoms with van der Waals surface area (Å²) >= 11 is 0. The summed E-state index contributed by atoms with van der Waals surface area (Å²) in [6.45, 7) is 1.84. The topological polar surface area (TPSA) is 66.8 Å². The third-order valence-corrected chi connectivity index (χ3v) is 2.74. The third-order valence-electron chi connectivity index (χ3n) is 2.74. The van der Waals surface area contributed by atoms with Gasteiger partial charge in [-0.2, -0.15) is 0 Å². The van der Waals surface area contributed by atoms with E-state index < -0.39 is 12.1 Å². The highest BCUT2D eigenvalue weighted by Gasteiger charge is 2.22. The fourth-order valence-electron chi connectivity index (χ4n) is 1.84.